The Labute approximate surface area is 107 Å². The highest BCUT2D eigenvalue weighted by atomic mass is 19.1. The van der Waals surface area contributed by atoms with Crippen LogP contribution in [0, 0.1) is 12.7 Å². The van der Waals surface area contributed by atoms with E-state index in [0.717, 1.165) is 18.4 Å². The van der Waals surface area contributed by atoms with Gasteiger partial charge >= 0.3 is 0 Å². The summed E-state index contributed by atoms with van der Waals surface area (Å²) in [7, 11) is 0. The number of carbonyl (C=O) groups excluding carboxylic acids is 1. The van der Waals surface area contributed by atoms with Crippen molar-refractivity contribution in [2.75, 3.05) is 13.1 Å². The molecule has 0 aliphatic carbocycles. The minimum absolute atomic E-state index is 0.147. The molecule has 1 amide bonds. The maximum Gasteiger partial charge on any atom is 0.256 e. The van der Waals surface area contributed by atoms with Gasteiger partial charge in [-0.15, -0.1) is 0 Å². The number of benzene rings is 1. The fraction of sp³-hybridized carbons (Fsp3) is 0.500. The molecule has 4 heteroatoms. The summed E-state index contributed by atoms with van der Waals surface area (Å²) in [6.45, 7) is 4.95. The highest BCUT2D eigenvalue weighted by Crippen LogP contribution is 2.25. The standard InChI is InChI=1S/C14H19FN2O/c1-3-6-14(16)8-17(9-14)13(18)11-7-10(2)4-5-12(11)15/h4-5,7H,3,6,8-9,16H2,1-2H3. The molecule has 98 valence electrons. The van der Waals surface area contributed by atoms with Crippen molar-refractivity contribution < 1.29 is 9.18 Å². The Morgan fingerprint density at radius 1 is 1.50 bits per heavy atom. The molecule has 0 radical (unpaired) electrons. The molecular weight excluding hydrogens is 231 g/mol. The van der Waals surface area contributed by atoms with Crippen LogP contribution in [0.1, 0.15) is 35.7 Å². The molecule has 2 rings (SSSR count). The van der Waals surface area contributed by atoms with Gasteiger partial charge in [0.1, 0.15) is 5.82 Å². The zero-order valence-electron chi connectivity index (χ0n) is 10.9. The van der Waals surface area contributed by atoms with E-state index in [1.54, 1.807) is 17.0 Å². The van der Waals surface area contributed by atoms with Crippen molar-refractivity contribution in [2.45, 2.75) is 32.2 Å². The van der Waals surface area contributed by atoms with Crippen LogP contribution in [0.4, 0.5) is 4.39 Å². The van der Waals surface area contributed by atoms with E-state index in [9.17, 15) is 9.18 Å². The number of amides is 1. The maximum atomic E-state index is 13.6. The second-order valence-electron chi connectivity index (χ2n) is 5.26. The van der Waals surface area contributed by atoms with Gasteiger partial charge in [-0.1, -0.05) is 25.0 Å². The lowest BCUT2D eigenvalue weighted by Crippen LogP contribution is -2.68. The SMILES string of the molecule is CCCC1(N)CN(C(=O)c2cc(C)ccc2F)C1. The van der Waals surface area contributed by atoms with E-state index in [-0.39, 0.29) is 17.0 Å². The van der Waals surface area contributed by atoms with Crippen LogP contribution in [-0.2, 0) is 0 Å². The summed E-state index contributed by atoms with van der Waals surface area (Å²) in [6.07, 6.45) is 1.89. The van der Waals surface area contributed by atoms with Gasteiger partial charge in [-0.2, -0.15) is 0 Å². The summed E-state index contributed by atoms with van der Waals surface area (Å²) in [6, 6.07) is 4.59. The van der Waals surface area contributed by atoms with E-state index in [2.05, 4.69) is 6.92 Å². The van der Waals surface area contributed by atoms with Crippen molar-refractivity contribution in [2.24, 2.45) is 5.73 Å². The lowest BCUT2D eigenvalue weighted by atomic mass is 9.86. The van der Waals surface area contributed by atoms with Gasteiger partial charge in [-0.05, 0) is 25.5 Å². The quantitative estimate of drug-likeness (QED) is 0.892. The molecule has 0 aromatic heterocycles. The molecule has 2 N–H and O–H groups in total. The van der Waals surface area contributed by atoms with Gasteiger partial charge in [0.2, 0.25) is 0 Å². The number of hydrogen-bond donors (Lipinski definition) is 1. The third-order valence-electron chi connectivity index (χ3n) is 3.40. The number of halogens is 1. The minimum atomic E-state index is -0.462. The maximum absolute atomic E-state index is 13.6. The highest BCUT2D eigenvalue weighted by molar-refractivity contribution is 5.95. The molecule has 3 nitrogen and oxygen atoms in total. The Hall–Kier alpha value is -1.42. The lowest BCUT2D eigenvalue weighted by Gasteiger charge is -2.47. The van der Waals surface area contributed by atoms with Crippen molar-refractivity contribution in [1.29, 1.82) is 0 Å². The Balaban J connectivity index is 2.08. The number of hydrogen-bond acceptors (Lipinski definition) is 2. The van der Waals surface area contributed by atoms with Gasteiger partial charge in [0.25, 0.3) is 5.91 Å². The summed E-state index contributed by atoms with van der Waals surface area (Å²) in [5, 5.41) is 0. The van der Waals surface area contributed by atoms with Crippen LogP contribution < -0.4 is 5.73 Å². The van der Waals surface area contributed by atoms with Crippen LogP contribution in [0.15, 0.2) is 18.2 Å². The molecule has 18 heavy (non-hydrogen) atoms. The Morgan fingerprint density at radius 2 is 2.17 bits per heavy atom. The van der Waals surface area contributed by atoms with E-state index < -0.39 is 5.82 Å². The first-order valence-electron chi connectivity index (χ1n) is 6.29. The summed E-state index contributed by atoms with van der Waals surface area (Å²) in [4.78, 5) is 13.7. The average molecular weight is 250 g/mol. The molecule has 1 heterocycles. The summed E-state index contributed by atoms with van der Waals surface area (Å²) < 4.78 is 13.6. The molecule has 0 atom stereocenters. The third-order valence-corrected chi connectivity index (χ3v) is 3.40. The number of rotatable bonds is 3. The Morgan fingerprint density at radius 3 is 2.78 bits per heavy atom. The predicted octanol–water partition coefficient (Wildman–Crippen LogP) is 2.09. The predicted molar refractivity (Wildman–Crippen MR) is 68.9 cm³/mol. The fourth-order valence-corrected chi connectivity index (χ4v) is 2.49. The van der Waals surface area contributed by atoms with Crippen LogP contribution >= 0.6 is 0 Å². The summed E-state index contributed by atoms with van der Waals surface area (Å²) in [5.41, 5.74) is 6.86. The van der Waals surface area contributed by atoms with Crippen molar-refractivity contribution in [3.63, 3.8) is 0 Å². The van der Waals surface area contributed by atoms with Crippen LogP contribution in [0.25, 0.3) is 0 Å². The van der Waals surface area contributed by atoms with Crippen molar-refractivity contribution >= 4 is 5.91 Å². The van der Waals surface area contributed by atoms with Crippen molar-refractivity contribution in [3.8, 4) is 0 Å². The van der Waals surface area contributed by atoms with E-state index in [1.807, 2.05) is 6.92 Å². The third kappa shape index (κ3) is 2.38. The second kappa shape index (κ2) is 4.69. The number of carbonyl (C=O) groups is 1. The van der Waals surface area contributed by atoms with Crippen molar-refractivity contribution in [3.05, 3.63) is 35.1 Å². The molecular formula is C14H19FN2O. The van der Waals surface area contributed by atoms with Gasteiger partial charge in [0, 0.05) is 13.1 Å². The molecule has 1 fully saturated rings. The topological polar surface area (TPSA) is 46.3 Å². The van der Waals surface area contributed by atoms with Gasteiger partial charge in [0.15, 0.2) is 0 Å². The number of likely N-dealkylation sites (tertiary alicyclic amines) is 1. The van der Waals surface area contributed by atoms with E-state index >= 15 is 0 Å². The molecule has 1 saturated heterocycles. The van der Waals surface area contributed by atoms with Gasteiger partial charge in [-0.3, -0.25) is 4.79 Å². The van der Waals surface area contributed by atoms with Crippen LogP contribution in [0.3, 0.4) is 0 Å². The first-order valence-corrected chi connectivity index (χ1v) is 6.29. The molecule has 1 aliphatic rings. The molecule has 1 aromatic carbocycles. The average Bonchev–Trinajstić information content (AvgIpc) is 2.28. The molecule has 1 aliphatic heterocycles. The van der Waals surface area contributed by atoms with Crippen LogP contribution in [0.5, 0.6) is 0 Å². The van der Waals surface area contributed by atoms with Crippen LogP contribution in [-0.4, -0.2) is 29.4 Å². The first kappa shape index (κ1) is 13.0. The highest BCUT2D eigenvalue weighted by Gasteiger charge is 2.41. The molecule has 1 aromatic rings. The monoisotopic (exact) mass is 250 g/mol. The minimum Gasteiger partial charge on any atom is -0.335 e. The largest absolute Gasteiger partial charge is 0.335 e. The number of nitrogens with zero attached hydrogens (tertiary/aromatic N) is 1. The number of aryl methyl sites for hydroxylation is 1. The Kier molecular flexibility index (Phi) is 3.39. The lowest BCUT2D eigenvalue weighted by molar-refractivity contribution is 0.0382. The van der Waals surface area contributed by atoms with E-state index in [0.29, 0.717) is 13.1 Å². The van der Waals surface area contributed by atoms with Gasteiger partial charge in [-0.25, -0.2) is 4.39 Å². The summed E-state index contributed by atoms with van der Waals surface area (Å²) in [5.74, 6) is -0.719. The Bertz CT molecular complexity index is 467. The first-order chi connectivity index (χ1) is 8.45. The molecule has 0 spiro atoms. The number of nitrogens with two attached hydrogens (primary N) is 1. The smallest absolute Gasteiger partial charge is 0.256 e. The molecule has 0 unspecified atom stereocenters. The summed E-state index contributed by atoms with van der Waals surface area (Å²) >= 11 is 0. The fourth-order valence-electron chi connectivity index (χ4n) is 2.49. The van der Waals surface area contributed by atoms with Crippen LogP contribution in [0.2, 0.25) is 0 Å². The molecule has 0 bridgehead atoms. The van der Waals surface area contributed by atoms with Gasteiger partial charge < -0.3 is 10.6 Å². The normalized spacial score (nSPS) is 17.4. The van der Waals surface area contributed by atoms with Crippen molar-refractivity contribution in [1.82, 2.24) is 4.90 Å². The van der Waals surface area contributed by atoms with Gasteiger partial charge in [0.05, 0.1) is 11.1 Å². The second-order valence-corrected chi connectivity index (χ2v) is 5.26. The zero-order chi connectivity index (χ0) is 13.3. The zero-order valence-corrected chi connectivity index (χ0v) is 10.9. The molecule has 0 saturated carbocycles. The van der Waals surface area contributed by atoms with E-state index in [4.69, 9.17) is 5.73 Å². The van der Waals surface area contributed by atoms with E-state index in [1.165, 1.54) is 6.07 Å².